The first-order valence-electron chi connectivity index (χ1n) is 3.87. The van der Waals surface area contributed by atoms with Crippen molar-refractivity contribution in [2.75, 3.05) is 5.75 Å². The number of thioether (sulfide) groups is 1. The van der Waals surface area contributed by atoms with Gasteiger partial charge in [0.05, 0.1) is 0 Å². The van der Waals surface area contributed by atoms with Gasteiger partial charge in [0.2, 0.25) is 0 Å². The van der Waals surface area contributed by atoms with E-state index in [-0.39, 0.29) is 0 Å². The molecular formula is C8H12N2OS. The van der Waals surface area contributed by atoms with Gasteiger partial charge in [-0.05, 0) is 12.2 Å². The highest BCUT2D eigenvalue weighted by atomic mass is 32.2. The molecule has 0 fully saturated rings. The standard InChI is InChI=1S/C8H12N2OS/c1-2-3-4-5-12-8(11,6-9)7-10/h11H,2-5H2,1H3. The molecule has 66 valence electrons. The maximum absolute atomic E-state index is 9.17. The summed E-state index contributed by atoms with van der Waals surface area (Å²) in [6.45, 7) is 2.07. The van der Waals surface area contributed by atoms with Crippen molar-refractivity contribution in [1.29, 1.82) is 10.5 Å². The predicted octanol–water partition coefficient (Wildman–Crippen LogP) is 1.65. The summed E-state index contributed by atoms with van der Waals surface area (Å²) in [5.74, 6) is 0.658. The van der Waals surface area contributed by atoms with E-state index in [0.29, 0.717) is 5.75 Å². The highest BCUT2D eigenvalue weighted by Crippen LogP contribution is 2.21. The minimum absolute atomic E-state index is 0.658. The molecule has 0 saturated heterocycles. The van der Waals surface area contributed by atoms with Gasteiger partial charge in [-0.15, -0.1) is 0 Å². The lowest BCUT2D eigenvalue weighted by Crippen LogP contribution is -2.18. The van der Waals surface area contributed by atoms with Crippen molar-refractivity contribution in [3.8, 4) is 12.1 Å². The van der Waals surface area contributed by atoms with E-state index in [2.05, 4.69) is 6.92 Å². The van der Waals surface area contributed by atoms with Crippen LogP contribution in [0, 0.1) is 22.7 Å². The highest BCUT2D eigenvalue weighted by molar-refractivity contribution is 8.00. The van der Waals surface area contributed by atoms with Gasteiger partial charge in [-0.25, -0.2) is 0 Å². The van der Waals surface area contributed by atoms with Crippen molar-refractivity contribution in [3.63, 3.8) is 0 Å². The van der Waals surface area contributed by atoms with Crippen LogP contribution in [0.2, 0.25) is 0 Å². The Morgan fingerprint density at radius 3 is 2.33 bits per heavy atom. The van der Waals surface area contributed by atoms with Crippen LogP contribution in [0.5, 0.6) is 0 Å². The molecule has 4 heteroatoms. The molecule has 0 aromatic rings. The number of aliphatic hydroxyl groups is 1. The number of hydrogen-bond acceptors (Lipinski definition) is 4. The fourth-order valence-electron chi connectivity index (χ4n) is 0.661. The first-order valence-corrected chi connectivity index (χ1v) is 4.86. The van der Waals surface area contributed by atoms with Gasteiger partial charge in [0, 0.05) is 0 Å². The average molecular weight is 184 g/mol. The van der Waals surface area contributed by atoms with E-state index in [4.69, 9.17) is 15.6 Å². The number of unbranched alkanes of at least 4 members (excludes halogenated alkanes) is 2. The van der Waals surface area contributed by atoms with Gasteiger partial charge in [0.25, 0.3) is 4.93 Å². The van der Waals surface area contributed by atoms with Crippen molar-refractivity contribution in [2.45, 2.75) is 31.1 Å². The van der Waals surface area contributed by atoms with Crippen LogP contribution in [0.3, 0.4) is 0 Å². The second-order valence-electron chi connectivity index (χ2n) is 2.42. The SMILES string of the molecule is CCCCCSC(O)(C#N)C#N. The smallest absolute Gasteiger partial charge is 0.287 e. The highest BCUT2D eigenvalue weighted by Gasteiger charge is 2.25. The normalized spacial score (nSPS) is 10.3. The molecule has 0 aliphatic rings. The van der Waals surface area contributed by atoms with Crippen LogP contribution >= 0.6 is 11.8 Å². The Balaban J connectivity index is 3.63. The molecule has 0 atom stereocenters. The summed E-state index contributed by atoms with van der Waals surface area (Å²) < 4.78 is 0. The Kier molecular flexibility index (Phi) is 5.53. The van der Waals surface area contributed by atoms with E-state index in [9.17, 15) is 0 Å². The van der Waals surface area contributed by atoms with E-state index in [1.165, 1.54) is 0 Å². The molecule has 0 spiro atoms. The summed E-state index contributed by atoms with van der Waals surface area (Å²) in [7, 11) is 0. The van der Waals surface area contributed by atoms with E-state index < -0.39 is 4.93 Å². The molecule has 0 radical (unpaired) electrons. The number of rotatable bonds is 5. The van der Waals surface area contributed by atoms with Gasteiger partial charge >= 0.3 is 0 Å². The van der Waals surface area contributed by atoms with Crippen molar-refractivity contribution >= 4 is 11.8 Å². The topological polar surface area (TPSA) is 67.8 Å². The van der Waals surface area contributed by atoms with Crippen LogP contribution < -0.4 is 0 Å². The zero-order valence-electron chi connectivity index (χ0n) is 7.08. The third kappa shape index (κ3) is 4.23. The Morgan fingerprint density at radius 2 is 1.92 bits per heavy atom. The molecule has 0 amide bonds. The molecule has 0 saturated carbocycles. The molecule has 0 bridgehead atoms. The first-order chi connectivity index (χ1) is 5.68. The second kappa shape index (κ2) is 5.88. The molecule has 0 heterocycles. The Morgan fingerprint density at radius 1 is 1.33 bits per heavy atom. The van der Waals surface area contributed by atoms with Crippen molar-refractivity contribution in [2.24, 2.45) is 0 Å². The number of nitrogens with zero attached hydrogens (tertiary/aromatic N) is 2. The molecule has 12 heavy (non-hydrogen) atoms. The summed E-state index contributed by atoms with van der Waals surface area (Å²) in [6.07, 6.45) is 3.10. The van der Waals surface area contributed by atoms with Gasteiger partial charge in [0.15, 0.2) is 0 Å². The van der Waals surface area contributed by atoms with Crippen LogP contribution in [-0.2, 0) is 0 Å². The van der Waals surface area contributed by atoms with E-state index in [0.717, 1.165) is 31.0 Å². The third-order valence-corrected chi connectivity index (χ3v) is 2.46. The first kappa shape index (κ1) is 11.3. The largest absolute Gasteiger partial charge is 0.356 e. The van der Waals surface area contributed by atoms with Crippen LogP contribution in [0.4, 0.5) is 0 Å². The van der Waals surface area contributed by atoms with E-state index in [1.54, 1.807) is 12.1 Å². The van der Waals surface area contributed by atoms with Crippen molar-refractivity contribution < 1.29 is 5.11 Å². The fourth-order valence-corrected chi connectivity index (χ4v) is 1.43. The summed E-state index contributed by atoms with van der Waals surface area (Å²) in [5.41, 5.74) is 0. The fraction of sp³-hybridized carbons (Fsp3) is 0.750. The van der Waals surface area contributed by atoms with Gasteiger partial charge in [-0.2, -0.15) is 10.5 Å². The lowest BCUT2D eigenvalue weighted by Gasteiger charge is -2.08. The maximum Gasteiger partial charge on any atom is 0.287 e. The zero-order chi connectivity index (χ0) is 9.45. The molecule has 0 aromatic heterocycles. The van der Waals surface area contributed by atoms with Crippen LogP contribution in [0.25, 0.3) is 0 Å². The third-order valence-electron chi connectivity index (χ3n) is 1.36. The monoisotopic (exact) mass is 184 g/mol. The minimum atomic E-state index is -1.84. The molecule has 3 nitrogen and oxygen atoms in total. The zero-order valence-corrected chi connectivity index (χ0v) is 7.89. The quantitative estimate of drug-likeness (QED) is 0.400. The van der Waals surface area contributed by atoms with E-state index >= 15 is 0 Å². The van der Waals surface area contributed by atoms with Crippen LogP contribution in [0.1, 0.15) is 26.2 Å². The Hall–Kier alpha value is -0.710. The molecule has 0 unspecified atom stereocenters. The van der Waals surface area contributed by atoms with Gasteiger partial charge < -0.3 is 5.11 Å². The minimum Gasteiger partial charge on any atom is -0.356 e. The van der Waals surface area contributed by atoms with Crippen molar-refractivity contribution in [1.82, 2.24) is 0 Å². The molecule has 0 rings (SSSR count). The van der Waals surface area contributed by atoms with Gasteiger partial charge in [0.1, 0.15) is 12.1 Å². The van der Waals surface area contributed by atoms with Gasteiger partial charge in [-0.1, -0.05) is 31.5 Å². The Bertz CT molecular complexity index is 190. The predicted molar refractivity (Wildman–Crippen MR) is 48.2 cm³/mol. The average Bonchev–Trinajstić information content (AvgIpc) is 2.12. The van der Waals surface area contributed by atoms with Crippen LogP contribution in [0.15, 0.2) is 0 Å². The van der Waals surface area contributed by atoms with Gasteiger partial charge in [-0.3, -0.25) is 0 Å². The molecular weight excluding hydrogens is 172 g/mol. The summed E-state index contributed by atoms with van der Waals surface area (Å²) in [5, 5.41) is 26.0. The molecule has 1 N–H and O–H groups in total. The second-order valence-corrected chi connectivity index (χ2v) is 3.71. The van der Waals surface area contributed by atoms with Crippen molar-refractivity contribution in [3.05, 3.63) is 0 Å². The van der Waals surface area contributed by atoms with E-state index in [1.807, 2.05) is 0 Å². The lowest BCUT2D eigenvalue weighted by molar-refractivity contribution is 0.252. The molecule has 0 aliphatic heterocycles. The molecule has 0 aromatic carbocycles. The summed E-state index contributed by atoms with van der Waals surface area (Å²) in [6, 6.07) is 3.12. The summed E-state index contributed by atoms with van der Waals surface area (Å²) in [4.78, 5) is -1.84. The Labute approximate surface area is 77.0 Å². The lowest BCUT2D eigenvalue weighted by atomic mass is 10.3. The number of hydrogen-bond donors (Lipinski definition) is 1. The number of nitriles is 2. The summed E-state index contributed by atoms with van der Waals surface area (Å²) >= 11 is 0.997. The maximum atomic E-state index is 9.17. The molecule has 0 aliphatic carbocycles. The van der Waals surface area contributed by atoms with Crippen LogP contribution in [-0.4, -0.2) is 15.8 Å².